The van der Waals surface area contributed by atoms with Gasteiger partial charge in [-0.1, -0.05) is 13.5 Å². The molecule has 2 aliphatic carbocycles. The summed E-state index contributed by atoms with van der Waals surface area (Å²) in [6.45, 7) is 7.29. The second-order valence-corrected chi connectivity index (χ2v) is 5.93. The first-order valence-electron chi connectivity index (χ1n) is 8.19. The first kappa shape index (κ1) is 16.7. The average Bonchev–Trinajstić information content (AvgIpc) is 3.12. The lowest BCUT2D eigenvalue weighted by molar-refractivity contribution is -0.336. The van der Waals surface area contributed by atoms with Crippen LogP contribution in [0, 0.1) is 0 Å². The van der Waals surface area contributed by atoms with Crippen molar-refractivity contribution in [2.45, 2.75) is 71.2 Å². The maximum absolute atomic E-state index is 12.1. The van der Waals surface area contributed by atoms with Gasteiger partial charge in [-0.2, -0.15) is 0 Å². The van der Waals surface area contributed by atoms with Crippen LogP contribution in [0.5, 0.6) is 0 Å². The molecule has 0 saturated heterocycles. The summed E-state index contributed by atoms with van der Waals surface area (Å²) < 4.78 is 17.7. The van der Waals surface area contributed by atoms with E-state index in [-0.39, 0.29) is 0 Å². The molecule has 4 heteroatoms. The molecule has 0 N–H and O–H groups in total. The monoisotopic (exact) mass is 306 g/mol. The standard InChI is InChI=1S/C18H26O4/c1-4-13-18(22-17(19)14(2)3,20-15-9-5-6-10-15)21-16-11-7-8-12-16/h9,11H,2,4-8,10,12-13H2,1,3H3. The zero-order valence-corrected chi connectivity index (χ0v) is 13.7. The van der Waals surface area contributed by atoms with Crippen molar-refractivity contribution in [3.05, 3.63) is 35.8 Å². The molecule has 122 valence electrons. The van der Waals surface area contributed by atoms with Gasteiger partial charge in [-0.05, 0) is 51.2 Å². The number of rotatable bonds is 8. The Morgan fingerprint density at radius 3 is 2.09 bits per heavy atom. The number of hydrogen-bond donors (Lipinski definition) is 0. The summed E-state index contributed by atoms with van der Waals surface area (Å²) in [4.78, 5) is 12.1. The first-order valence-corrected chi connectivity index (χ1v) is 8.19. The second kappa shape index (κ2) is 7.52. The number of carbonyl (C=O) groups excluding carboxylic acids is 1. The zero-order chi connectivity index (χ0) is 16.0. The Hall–Kier alpha value is -1.71. The molecule has 2 aliphatic rings. The van der Waals surface area contributed by atoms with E-state index in [9.17, 15) is 4.79 Å². The van der Waals surface area contributed by atoms with Gasteiger partial charge in [-0.15, -0.1) is 0 Å². The van der Waals surface area contributed by atoms with Gasteiger partial charge in [0.2, 0.25) is 0 Å². The van der Waals surface area contributed by atoms with Crippen LogP contribution < -0.4 is 0 Å². The van der Waals surface area contributed by atoms with E-state index in [1.807, 2.05) is 19.1 Å². The van der Waals surface area contributed by atoms with Gasteiger partial charge in [-0.3, -0.25) is 0 Å². The summed E-state index contributed by atoms with van der Waals surface area (Å²) >= 11 is 0. The van der Waals surface area contributed by atoms with Crippen LogP contribution in [0.4, 0.5) is 0 Å². The van der Waals surface area contributed by atoms with E-state index in [1.54, 1.807) is 6.92 Å². The van der Waals surface area contributed by atoms with Crippen molar-refractivity contribution in [3.63, 3.8) is 0 Å². The van der Waals surface area contributed by atoms with E-state index in [4.69, 9.17) is 14.2 Å². The molecule has 0 saturated carbocycles. The quantitative estimate of drug-likeness (QED) is 0.369. The number of carbonyl (C=O) groups is 1. The maximum Gasteiger partial charge on any atom is 0.418 e. The van der Waals surface area contributed by atoms with Crippen molar-refractivity contribution in [1.29, 1.82) is 0 Å². The predicted molar refractivity (Wildman–Crippen MR) is 84.6 cm³/mol. The highest BCUT2D eigenvalue weighted by Gasteiger charge is 2.41. The van der Waals surface area contributed by atoms with Gasteiger partial charge < -0.3 is 14.2 Å². The van der Waals surface area contributed by atoms with Gasteiger partial charge in [0.1, 0.15) is 11.5 Å². The third kappa shape index (κ3) is 4.39. The highest BCUT2D eigenvalue weighted by Crippen LogP contribution is 2.35. The number of esters is 1. The lowest BCUT2D eigenvalue weighted by atomic mass is 10.2. The molecule has 0 aliphatic heterocycles. The molecule has 0 radical (unpaired) electrons. The molecule has 0 heterocycles. The lowest BCUT2D eigenvalue weighted by Gasteiger charge is -2.34. The van der Waals surface area contributed by atoms with Crippen molar-refractivity contribution in [3.8, 4) is 0 Å². The molecule has 0 aromatic carbocycles. The minimum Gasteiger partial charge on any atom is -0.425 e. The Bertz CT molecular complexity index is 453. The SMILES string of the molecule is C=C(C)C(=O)OC(CCC)(OC1=CCCC1)OC1=CCCC1. The molecule has 0 aromatic heterocycles. The van der Waals surface area contributed by atoms with Gasteiger partial charge in [0.15, 0.2) is 0 Å². The largest absolute Gasteiger partial charge is 0.425 e. The van der Waals surface area contributed by atoms with Gasteiger partial charge >= 0.3 is 11.9 Å². The minimum atomic E-state index is -1.36. The molecular formula is C18H26O4. The van der Waals surface area contributed by atoms with Crippen LogP contribution in [0.3, 0.4) is 0 Å². The molecule has 0 spiro atoms. The van der Waals surface area contributed by atoms with Gasteiger partial charge in [0.05, 0.1) is 6.42 Å². The predicted octanol–water partition coefficient (Wildman–Crippen LogP) is 4.73. The lowest BCUT2D eigenvalue weighted by Crippen LogP contribution is -2.40. The Labute approximate surface area is 132 Å². The first-order chi connectivity index (χ1) is 10.5. The zero-order valence-electron chi connectivity index (χ0n) is 13.7. The van der Waals surface area contributed by atoms with Crippen molar-refractivity contribution in [2.24, 2.45) is 0 Å². The van der Waals surface area contributed by atoms with Crippen LogP contribution in [0.1, 0.15) is 65.2 Å². The summed E-state index contributed by atoms with van der Waals surface area (Å²) in [6, 6.07) is 0. The van der Waals surface area contributed by atoms with Crippen LogP contribution in [-0.2, 0) is 19.0 Å². The average molecular weight is 306 g/mol. The summed E-state index contributed by atoms with van der Waals surface area (Å²) in [7, 11) is 0. The van der Waals surface area contributed by atoms with Crippen LogP contribution in [0.2, 0.25) is 0 Å². The van der Waals surface area contributed by atoms with Crippen LogP contribution in [0.15, 0.2) is 35.8 Å². The molecule has 0 bridgehead atoms. The number of ether oxygens (including phenoxy) is 3. The molecule has 0 aromatic rings. The number of allylic oxidation sites excluding steroid dienone is 4. The highest BCUT2D eigenvalue weighted by molar-refractivity contribution is 5.87. The molecule has 0 amide bonds. The van der Waals surface area contributed by atoms with E-state index >= 15 is 0 Å². The van der Waals surface area contributed by atoms with E-state index < -0.39 is 11.9 Å². The Morgan fingerprint density at radius 2 is 1.73 bits per heavy atom. The molecule has 2 rings (SSSR count). The molecular weight excluding hydrogens is 280 g/mol. The summed E-state index contributed by atoms with van der Waals surface area (Å²) in [5, 5.41) is 0. The maximum atomic E-state index is 12.1. The normalized spacial score (nSPS) is 17.7. The number of hydrogen-bond acceptors (Lipinski definition) is 4. The fraction of sp³-hybridized carbons (Fsp3) is 0.611. The summed E-state index contributed by atoms with van der Waals surface area (Å²) in [5.74, 6) is -0.148. The second-order valence-electron chi connectivity index (χ2n) is 5.93. The Kier molecular flexibility index (Phi) is 5.69. The van der Waals surface area contributed by atoms with E-state index in [0.717, 1.165) is 56.5 Å². The van der Waals surface area contributed by atoms with Gasteiger partial charge in [-0.25, -0.2) is 4.79 Å². The van der Waals surface area contributed by atoms with Crippen LogP contribution >= 0.6 is 0 Å². The van der Waals surface area contributed by atoms with Crippen molar-refractivity contribution in [1.82, 2.24) is 0 Å². The highest BCUT2D eigenvalue weighted by atomic mass is 16.9. The van der Waals surface area contributed by atoms with Crippen molar-refractivity contribution >= 4 is 5.97 Å². The molecule has 22 heavy (non-hydrogen) atoms. The fourth-order valence-corrected chi connectivity index (χ4v) is 2.62. The van der Waals surface area contributed by atoms with Gasteiger partial charge in [0, 0.05) is 18.4 Å². The summed E-state index contributed by atoms with van der Waals surface area (Å²) in [6.07, 6.45) is 11.2. The van der Waals surface area contributed by atoms with Crippen LogP contribution in [0.25, 0.3) is 0 Å². The Morgan fingerprint density at radius 1 is 1.18 bits per heavy atom. The Balaban J connectivity index is 2.20. The van der Waals surface area contributed by atoms with Crippen LogP contribution in [-0.4, -0.2) is 11.9 Å². The molecule has 0 unspecified atom stereocenters. The summed E-state index contributed by atoms with van der Waals surface area (Å²) in [5.41, 5.74) is 0.341. The van der Waals surface area contributed by atoms with Crippen molar-refractivity contribution < 1.29 is 19.0 Å². The molecule has 4 nitrogen and oxygen atoms in total. The van der Waals surface area contributed by atoms with Gasteiger partial charge in [0.25, 0.3) is 0 Å². The molecule has 0 atom stereocenters. The minimum absolute atomic E-state index is 0.341. The topological polar surface area (TPSA) is 44.8 Å². The third-order valence-corrected chi connectivity index (χ3v) is 3.72. The van der Waals surface area contributed by atoms with E-state index in [2.05, 4.69) is 6.58 Å². The van der Waals surface area contributed by atoms with Crippen molar-refractivity contribution in [2.75, 3.05) is 0 Å². The molecule has 0 fully saturated rings. The van der Waals surface area contributed by atoms with E-state index in [1.165, 1.54) is 0 Å². The fourth-order valence-electron chi connectivity index (χ4n) is 2.62. The van der Waals surface area contributed by atoms with E-state index in [0.29, 0.717) is 12.0 Å². The third-order valence-electron chi connectivity index (χ3n) is 3.72. The smallest absolute Gasteiger partial charge is 0.418 e.